The number of nitrogens with zero attached hydrogens (tertiary/aromatic N) is 1. The lowest BCUT2D eigenvalue weighted by Crippen LogP contribution is -2.28. The van der Waals surface area contributed by atoms with Crippen LogP contribution in [0.1, 0.15) is 25.5 Å². The highest BCUT2D eigenvalue weighted by Gasteiger charge is 2.10. The van der Waals surface area contributed by atoms with Crippen LogP contribution in [0.5, 0.6) is 0 Å². The van der Waals surface area contributed by atoms with Crippen LogP contribution in [-0.4, -0.2) is 17.0 Å². The predicted molar refractivity (Wildman–Crippen MR) is 64.7 cm³/mol. The van der Waals surface area contributed by atoms with Gasteiger partial charge in [-0.1, -0.05) is 13.3 Å². The second-order valence-electron chi connectivity index (χ2n) is 4.10. The summed E-state index contributed by atoms with van der Waals surface area (Å²) in [6, 6.07) is 3.97. The molecule has 1 aromatic rings. The smallest absolute Gasteiger partial charge is 0.220 e. The van der Waals surface area contributed by atoms with E-state index in [2.05, 4.69) is 12.2 Å². The summed E-state index contributed by atoms with van der Waals surface area (Å²) >= 11 is 0. The Kier molecular flexibility index (Phi) is 5.05. The molecular weight excluding hydrogens is 202 g/mol. The van der Waals surface area contributed by atoms with Gasteiger partial charge in [0.05, 0.1) is 6.54 Å². The van der Waals surface area contributed by atoms with Gasteiger partial charge in [0.15, 0.2) is 0 Å². The standard InChI is InChI=1S/C12H21N3O/c1-3-10(8-13)7-12(16)14-9-11-5-4-6-15(11)2/h4-6,10H,3,7-9,13H2,1-2H3,(H,14,16). The molecule has 0 saturated heterocycles. The lowest BCUT2D eigenvalue weighted by molar-refractivity contribution is -0.122. The summed E-state index contributed by atoms with van der Waals surface area (Å²) in [4.78, 5) is 11.6. The van der Waals surface area contributed by atoms with Gasteiger partial charge in [-0.2, -0.15) is 0 Å². The molecule has 4 heteroatoms. The molecule has 0 aliphatic carbocycles. The van der Waals surface area contributed by atoms with Crippen molar-refractivity contribution in [3.8, 4) is 0 Å². The van der Waals surface area contributed by atoms with Crippen LogP contribution in [0.4, 0.5) is 0 Å². The molecule has 0 fully saturated rings. The topological polar surface area (TPSA) is 60.1 Å². The van der Waals surface area contributed by atoms with Crippen LogP contribution < -0.4 is 11.1 Å². The fourth-order valence-electron chi connectivity index (χ4n) is 1.60. The Morgan fingerprint density at radius 1 is 1.62 bits per heavy atom. The van der Waals surface area contributed by atoms with Crippen molar-refractivity contribution in [2.75, 3.05) is 6.54 Å². The SMILES string of the molecule is CCC(CN)CC(=O)NCc1cccn1C. The Labute approximate surface area is 96.8 Å². The van der Waals surface area contributed by atoms with Crippen LogP contribution in [0, 0.1) is 5.92 Å². The molecule has 0 spiro atoms. The second-order valence-corrected chi connectivity index (χ2v) is 4.10. The molecule has 1 unspecified atom stereocenters. The minimum Gasteiger partial charge on any atom is -0.353 e. The zero-order valence-electron chi connectivity index (χ0n) is 10.1. The van der Waals surface area contributed by atoms with E-state index >= 15 is 0 Å². The third-order valence-corrected chi connectivity index (χ3v) is 2.90. The zero-order valence-corrected chi connectivity index (χ0v) is 10.1. The first-order chi connectivity index (χ1) is 7.67. The van der Waals surface area contributed by atoms with Gasteiger partial charge in [0.25, 0.3) is 0 Å². The number of aromatic nitrogens is 1. The van der Waals surface area contributed by atoms with Crippen molar-refractivity contribution in [2.24, 2.45) is 18.7 Å². The normalized spacial score (nSPS) is 12.4. The van der Waals surface area contributed by atoms with Crippen molar-refractivity contribution in [1.29, 1.82) is 0 Å². The van der Waals surface area contributed by atoms with E-state index in [1.54, 1.807) is 0 Å². The number of rotatable bonds is 6. The van der Waals surface area contributed by atoms with Crippen LogP contribution in [0.15, 0.2) is 18.3 Å². The first-order valence-electron chi connectivity index (χ1n) is 5.74. The van der Waals surface area contributed by atoms with E-state index in [1.807, 2.05) is 29.9 Å². The fourth-order valence-corrected chi connectivity index (χ4v) is 1.60. The maximum Gasteiger partial charge on any atom is 0.220 e. The molecule has 0 saturated carbocycles. The van der Waals surface area contributed by atoms with Gasteiger partial charge in [-0.15, -0.1) is 0 Å². The van der Waals surface area contributed by atoms with Crippen molar-refractivity contribution < 1.29 is 4.79 Å². The molecular formula is C12H21N3O. The summed E-state index contributed by atoms with van der Waals surface area (Å²) in [6.45, 7) is 3.22. The molecule has 0 aliphatic heterocycles. The number of carbonyl (C=O) groups is 1. The van der Waals surface area contributed by atoms with E-state index in [-0.39, 0.29) is 5.91 Å². The van der Waals surface area contributed by atoms with E-state index in [0.29, 0.717) is 25.4 Å². The Morgan fingerprint density at radius 2 is 2.38 bits per heavy atom. The highest BCUT2D eigenvalue weighted by atomic mass is 16.1. The molecule has 1 amide bonds. The van der Waals surface area contributed by atoms with Crippen LogP contribution >= 0.6 is 0 Å². The van der Waals surface area contributed by atoms with Crippen LogP contribution in [0.25, 0.3) is 0 Å². The highest BCUT2D eigenvalue weighted by molar-refractivity contribution is 5.76. The molecule has 0 aliphatic rings. The van der Waals surface area contributed by atoms with Gasteiger partial charge in [-0.3, -0.25) is 4.79 Å². The van der Waals surface area contributed by atoms with Gasteiger partial charge in [0.2, 0.25) is 5.91 Å². The summed E-state index contributed by atoms with van der Waals surface area (Å²) in [5.74, 6) is 0.381. The highest BCUT2D eigenvalue weighted by Crippen LogP contribution is 2.06. The zero-order chi connectivity index (χ0) is 12.0. The van der Waals surface area contributed by atoms with E-state index < -0.39 is 0 Å². The first kappa shape index (κ1) is 12.8. The first-order valence-corrected chi connectivity index (χ1v) is 5.74. The van der Waals surface area contributed by atoms with Crippen molar-refractivity contribution >= 4 is 5.91 Å². The molecule has 3 N–H and O–H groups in total. The monoisotopic (exact) mass is 223 g/mol. The average molecular weight is 223 g/mol. The third kappa shape index (κ3) is 3.70. The minimum absolute atomic E-state index is 0.0819. The molecule has 1 aromatic heterocycles. The van der Waals surface area contributed by atoms with Gasteiger partial charge < -0.3 is 15.6 Å². The molecule has 0 bridgehead atoms. The van der Waals surface area contributed by atoms with Crippen LogP contribution in [-0.2, 0) is 18.4 Å². The van der Waals surface area contributed by atoms with Gasteiger partial charge >= 0.3 is 0 Å². The Hall–Kier alpha value is -1.29. The number of aryl methyl sites for hydroxylation is 1. The van der Waals surface area contributed by atoms with Crippen molar-refractivity contribution in [3.63, 3.8) is 0 Å². The molecule has 0 radical (unpaired) electrons. The van der Waals surface area contributed by atoms with Gasteiger partial charge in [0, 0.05) is 25.4 Å². The molecule has 4 nitrogen and oxygen atoms in total. The lowest BCUT2D eigenvalue weighted by Gasteiger charge is -2.12. The summed E-state index contributed by atoms with van der Waals surface area (Å²) < 4.78 is 2.00. The molecule has 1 heterocycles. The number of nitrogens with two attached hydrogens (primary N) is 1. The van der Waals surface area contributed by atoms with Gasteiger partial charge in [0.1, 0.15) is 0 Å². The van der Waals surface area contributed by atoms with Crippen LogP contribution in [0.2, 0.25) is 0 Å². The largest absolute Gasteiger partial charge is 0.353 e. The fraction of sp³-hybridized carbons (Fsp3) is 0.583. The van der Waals surface area contributed by atoms with Crippen molar-refractivity contribution in [1.82, 2.24) is 9.88 Å². The number of hydrogen-bond donors (Lipinski definition) is 2. The average Bonchev–Trinajstić information content (AvgIpc) is 2.69. The van der Waals surface area contributed by atoms with E-state index in [1.165, 1.54) is 0 Å². The summed E-state index contributed by atoms with van der Waals surface area (Å²) in [7, 11) is 1.97. The quantitative estimate of drug-likeness (QED) is 0.756. The number of carbonyl (C=O) groups excluding carboxylic acids is 1. The molecule has 16 heavy (non-hydrogen) atoms. The summed E-state index contributed by atoms with van der Waals surface area (Å²) in [6.07, 6.45) is 3.45. The Bertz CT molecular complexity index is 329. The predicted octanol–water partition coefficient (Wildman–Crippen LogP) is 1.02. The summed E-state index contributed by atoms with van der Waals surface area (Å²) in [5, 5.41) is 2.91. The lowest BCUT2D eigenvalue weighted by atomic mass is 10.0. The maximum absolute atomic E-state index is 11.6. The van der Waals surface area contributed by atoms with Gasteiger partial charge in [-0.05, 0) is 24.6 Å². The van der Waals surface area contributed by atoms with E-state index in [9.17, 15) is 4.79 Å². The van der Waals surface area contributed by atoms with Crippen molar-refractivity contribution in [3.05, 3.63) is 24.0 Å². The second kappa shape index (κ2) is 6.33. The Morgan fingerprint density at radius 3 is 2.88 bits per heavy atom. The number of amides is 1. The van der Waals surface area contributed by atoms with E-state index in [0.717, 1.165) is 12.1 Å². The van der Waals surface area contributed by atoms with Gasteiger partial charge in [-0.25, -0.2) is 0 Å². The third-order valence-electron chi connectivity index (χ3n) is 2.90. The van der Waals surface area contributed by atoms with E-state index in [4.69, 9.17) is 5.73 Å². The maximum atomic E-state index is 11.6. The molecule has 0 aromatic carbocycles. The summed E-state index contributed by atoms with van der Waals surface area (Å²) in [5.41, 5.74) is 6.67. The minimum atomic E-state index is 0.0819. The molecule has 1 atom stereocenters. The molecule has 90 valence electrons. The van der Waals surface area contributed by atoms with Crippen molar-refractivity contribution in [2.45, 2.75) is 26.3 Å². The number of hydrogen-bond acceptors (Lipinski definition) is 2. The molecule has 1 rings (SSSR count). The number of nitrogens with one attached hydrogen (secondary N) is 1. The Balaban J connectivity index is 2.33. The van der Waals surface area contributed by atoms with Crippen LogP contribution in [0.3, 0.4) is 0 Å².